The van der Waals surface area contributed by atoms with Gasteiger partial charge >= 0.3 is 0 Å². The molecule has 1 aliphatic carbocycles. The lowest BCUT2D eigenvalue weighted by Crippen LogP contribution is -2.15. The van der Waals surface area contributed by atoms with E-state index in [2.05, 4.69) is 36.6 Å². The number of oxime groups is 1. The van der Waals surface area contributed by atoms with Crippen molar-refractivity contribution >= 4 is 33.5 Å². The maximum Gasteiger partial charge on any atom is 0.214 e. The minimum atomic E-state index is 0.0467. The van der Waals surface area contributed by atoms with Crippen LogP contribution >= 0.6 is 27.7 Å². The molecule has 20 heavy (non-hydrogen) atoms. The first-order chi connectivity index (χ1) is 9.70. The second kappa shape index (κ2) is 5.41. The van der Waals surface area contributed by atoms with Crippen LogP contribution in [0.25, 0.3) is 0 Å². The summed E-state index contributed by atoms with van der Waals surface area (Å²) in [7, 11) is 0. The van der Waals surface area contributed by atoms with Gasteiger partial charge in [-0.1, -0.05) is 11.2 Å². The minimum absolute atomic E-state index is 0.0467. The van der Waals surface area contributed by atoms with Crippen molar-refractivity contribution in [1.82, 2.24) is 20.2 Å². The van der Waals surface area contributed by atoms with Crippen LogP contribution in [0.5, 0.6) is 0 Å². The molecule has 1 aromatic carbocycles. The Kier molecular flexibility index (Phi) is 3.62. The number of tetrazole rings is 1. The van der Waals surface area contributed by atoms with Crippen molar-refractivity contribution in [3.05, 3.63) is 28.2 Å². The topological polar surface area (TPSA) is 102 Å². The third-order valence-corrected chi connectivity index (χ3v) is 4.57. The van der Waals surface area contributed by atoms with Crippen molar-refractivity contribution < 1.29 is 5.21 Å². The van der Waals surface area contributed by atoms with Crippen molar-refractivity contribution in [2.24, 2.45) is 10.9 Å². The SMILES string of the molecule is N/C(=N/O)c1c(Br)cccc1Sc1nnnn1C1CC1. The van der Waals surface area contributed by atoms with Crippen LogP contribution in [-0.2, 0) is 0 Å². The Labute approximate surface area is 127 Å². The number of hydrogen-bond acceptors (Lipinski definition) is 6. The smallest absolute Gasteiger partial charge is 0.214 e. The Morgan fingerprint density at radius 2 is 2.30 bits per heavy atom. The molecule has 0 amide bonds. The molecule has 1 heterocycles. The number of rotatable bonds is 4. The molecule has 0 radical (unpaired) electrons. The first kappa shape index (κ1) is 13.4. The molecule has 0 atom stereocenters. The van der Waals surface area contributed by atoms with Crippen LogP contribution in [0.1, 0.15) is 24.4 Å². The Morgan fingerprint density at radius 1 is 1.50 bits per heavy atom. The zero-order valence-electron chi connectivity index (χ0n) is 10.3. The molecule has 1 fully saturated rings. The molecule has 3 N–H and O–H groups in total. The highest BCUT2D eigenvalue weighted by atomic mass is 79.9. The molecule has 9 heteroatoms. The highest BCUT2D eigenvalue weighted by molar-refractivity contribution is 9.10. The molecule has 1 saturated carbocycles. The van der Waals surface area contributed by atoms with E-state index in [1.807, 2.05) is 22.9 Å². The first-order valence-electron chi connectivity index (χ1n) is 5.93. The molecule has 0 saturated heterocycles. The molecule has 0 spiro atoms. The van der Waals surface area contributed by atoms with Gasteiger partial charge in [0.05, 0.1) is 6.04 Å². The summed E-state index contributed by atoms with van der Waals surface area (Å²) < 4.78 is 2.57. The average Bonchev–Trinajstić information content (AvgIpc) is 3.19. The molecule has 1 aromatic heterocycles. The molecular weight excluding hydrogens is 344 g/mol. The molecule has 0 unspecified atom stereocenters. The molecule has 2 aromatic rings. The van der Waals surface area contributed by atoms with Gasteiger partial charge in [-0.2, -0.15) is 0 Å². The van der Waals surface area contributed by atoms with Gasteiger partial charge in [0.1, 0.15) is 0 Å². The van der Waals surface area contributed by atoms with Gasteiger partial charge in [0, 0.05) is 14.9 Å². The molecule has 3 rings (SSSR count). The Hall–Kier alpha value is -1.61. The van der Waals surface area contributed by atoms with Gasteiger partial charge in [0.2, 0.25) is 5.16 Å². The monoisotopic (exact) mass is 354 g/mol. The number of nitrogens with zero attached hydrogens (tertiary/aromatic N) is 5. The number of benzene rings is 1. The minimum Gasteiger partial charge on any atom is -0.409 e. The molecule has 104 valence electrons. The maximum absolute atomic E-state index is 8.90. The van der Waals surface area contributed by atoms with Gasteiger partial charge in [-0.25, -0.2) is 4.68 Å². The highest BCUT2D eigenvalue weighted by Crippen LogP contribution is 2.39. The predicted molar refractivity (Wildman–Crippen MR) is 76.9 cm³/mol. The van der Waals surface area contributed by atoms with Crippen LogP contribution in [0.4, 0.5) is 0 Å². The van der Waals surface area contributed by atoms with E-state index >= 15 is 0 Å². The van der Waals surface area contributed by atoms with Crippen LogP contribution in [0.15, 0.2) is 37.9 Å². The van der Waals surface area contributed by atoms with E-state index in [-0.39, 0.29) is 5.84 Å². The van der Waals surface area contributed by atoms with E-state index in [9.17, 15) is 0 Å². The number of amidine groups is 1. The van der Waals surface area contributed by atoms with Gasteiger partial charge in [-0.05, 0) is 63.1 Å². The van der Waals surface area contributed by atoms with E-state index in [0.717, 1.165) is 22.2 Å². The molecule has 0 bridgehead atoms. The third-order valence-electron chi connectivity index (χ3n) is 2.90. The summed E-state index contributed by atoms with van der Waals surface area (Å²) in [5.41, 5.74) is 6.36. The highest BCUT2D eigenvalue weighted by Gasteiger charge is 2.28. The van der Waals surface area contributed by atoms with Crippen molar-refractivity contribution in [1.29, 1.82) is 0 Å². The number of aromatic nitrogens is 4. The Morgan fingerprint density at radius 3 is 3.00 bits per heavy atom. The van der Waals surface area contributed by atoms with E-state index in [1.165, 1.54) is 11.8 Å². The fourth-order valence-electron chi connectivity index (χ4n) is 1.79. The lowest BCUT2D eigenvalue weighted by Gasteiger charge is -2.09. The molecular formula is C11H11BrN6OS. The third kappa shape index (κ3) is 2.50. The lowest BCUT2D eigenvalue weighted by atomic mass is 10.2. The van der Waals surface area contributed by atoms with Gasteiger partial charge in [-0.3, -0.25) is 0 Å². The molecule has 0 aliphatic heterocycles. The van der Waals surface area contributed by atoms with Crippen molar-refractivity contribution in [3.8, 4) is 0 Å². The standard InChI is InChI=1S/C11H11BrN6OS/c12-7-2-1-3-8(9(7)10(13)15-19)20-11-14-16-17-18(11)6-4-5-6/h1-3,6,19H,4-5H2,(H2,13,15). The average molecular weight is 355 g/mol. The Bertz CT molecular complexity index is 669. The summed E-state index contributed by atoms with van der Waals surface area (Å²) in [4.78, 5) is 0.825. The van der Waals surface area contributed by atoms with E-state index in [1.54, 1.807) is 0 Å². The van der Waals surface area contributed by atoms with E-state index in [0.29, 0.717) is 16.8 Å². The van der Waals surface area contributed by atoms with Crippen molar-refractivity contribution in [2.45, 2.75) is 28.9 Å². The molecule has 1 aliphatic rings. The zero-order valence-corrected chi connectivity index (χ0v) is 12.7. The van der Waals surface area contributed by atoms with Gasteiger partial charge in [-0.15, -0.1) is 5.10 Å². The van der Waals surface area contributed by atoms with Crippen LogP contribution in [0, 0.1) is 0 Å². The quantitative estimate of drug-likeness (QED) is 0.377. The summed E-state index contributed by atoms with van der Waals surface area (Å²) in [6.45, 7) is 0. The van der Waals surface area contributed by atoms with Crippen molar-refractivity contribution in [3.63, 3.8) is 0 Å². The summed E-state index contributed by atoms with van der Waals surface area (Å²) in [6.07, 6.45) is 2.20. The van der Waals surface area contributed by atoms with Crippen molar-refractivity contribution in [2.75, 3.05) is 0 Å². The normalized spacial score (nSPS) is 15.6. The predicted octanol–water partition coefficient (Wildman–Crippen LogP) is 2.02. The second-order valence-electron chi connectivity index (χ2n) is 4.34. The van der Waals surface area contributed by atoms with Crippen LogP contribution < -0.4 is 5.73 Å². The summed E-state index contributed by atoms with van der Waals surface area (Å²) in [5, 5.41) is 24.4. The Balaban J connectivity index is 1.98. The fraction of sp³-hybridized carbons (Fsp3) is 0.273. The summed E-state index contributed by atoms with van der Waals surface area (Å²) >= 11 is 4.81. The maximum atomic E-state index is 8.90. The fourth-order valence-corrected chi connectivity index (χ4v) is 3.50. The largest absolute Gasteiger partial charge is 0.409 e. The number of nitrogens with two attached hydrogens (primary N) is 1. The number of halogens is 1. The van der Waals surface area contributed by atoms with E-state index in [4.69, 9.17) is 10.9 Å². The van der Waals surface area contributed by atoms with Gasteiger partial charge in [0.15, 0.2) is 5.84 Å². The second-order valence-corrected chi connectivity index (χ2v) is 6.20. The van der Waals surface area contributed by atoms with Gasteiger partial charge in [0.25, 0.3) is 0 Å². The van der Waals surface area contributed by atoms with Crippen LogP contribution in [0.3, 0.4) is 0 Å². The first-order valence-corrected chi connectivity index (χ1v) is 7.53. The summed E-state index contributed by atoms with van der Waals surface area (Å²) in [5.74, 6) is 0.0467. The molecule has 7 nitrogen and oxygen atoms in total. The lowest BCUT2D eigenvalue weighted by molar-refractivity contribution is 0.318. The van der Waals surface area contributed by atoms with Crippen LogP contribution in [0.2, 0.25) is 0 Å². The van der Waals surface area contributed by atoms with Gasteiger partial charge < -0.3 is 10.9 Å². The van der Waals surface area contributed by atoms with E-state index < -0.39 is 0 Å². The zero-order chi connectivity index (χ0) is 14.1. The summed E-state index contributed by atoms with van der Waals surface area (Å²) in [6, 6.07) is 5.99. The van der Waals surface area contributed by atoms with Crippen LogP contribution in [-0.4, -0.2) is 31.3 Å². The number of hydrogen-bond donors (Lipinski definition) is 2.